The van der Waals surface area contributed by atoms with Crippen LogP contribution in [0.2, 0.25) is 0 Å². The Labute approximate surface area is 189 Å². The van der Waals surface area contributed by atoms with Gasteiger partial charge < -0.3 is 13.3 Å². The van der Waals surface area contributed by atoms with Crippen molar-refractivity contribution >= 4 is 51.2 Å². The van der Waals surface area contributed by atoms with Gasteiger partial charge in [0.25, 0.3) is 5.91 Å². The molecule has 2 atom stereocenters. The Hall–Kier alpha value is -2.50. The van der Waals surface area contributed by atoms with Gasteiger partial charge in [0.1, 0.15) is 11.8 Å². The molecule has 3 aromatic rings. The minimum Gasteiger partial charge on any atom is -0.755 e. The summed E-state index contributed by atoms with van der Waals surface area (Å²) in [6.07, 6.45) is 2.07. The summed E-state index contributed by atoms with van der Waals surface area (Å²) in [4.78, 5) is 13.2. The average molecular weight is 534 g/mol. The van der Waals surface area contributed by atoms with Crippen LogP contribution < -0.4 is 4.31 Å². The molecule has 4 rings (SSSR count). The molecule has 0 saturated carbocycles. The number of amides is 1. The largest absolute Gasteiger partial charge is 0.755 e. The number of rotatable bonds is 5. The molecule has 0 saturated heterocycles. The van der Waals surface area contributed by atoms with E-state index in [4.69, 9.17) is 4.42 Å². The van der Waals surface area contributed by atoms with Crippen molar-refractivity contribution in [2.75, 3.05) is 11.4 Å². The minimum absolute atomic E-state index is 0.207. The van der Waals surface area contributed by atoms with Crippen LogP contribution in [0.5, 0.6) is 0 Å². The van der Waals surface area contributed by atoms with E-state index in [1.165, 1.54) is 12.1 Å². The van der Waals surface area contributed by atoms with Crippen LogP contribution in [-0.2, 0) is 11.3 Å². The zero-order valence-electron chi connectivity index (χ0n) is 15.9. The van der Waals surface area contributed by atoms with Crippen LogP contribution in [0.4, 0.5) is 5.69 Å². The van der Waals surface area contributed by atoms with Gasteiger partial charge in [0, 0.05) is 39.6 Å². The molecule has 2 heterocycles. The first-order valence-electron chi connectivity index (χ1n) is 9.07. The first kappa shape index (κ1) is 20.8. The number of nitrogens with zero attached hydrogens (tertiary/aromatic N) is 3. The molecule has 2 unspecified atom stereocenters. The van der Waals surface area contributed by atoms with E-state index < -0.39 is 11.3 Å². The number of hydrogen-bond acceptors (Lipinski definition) is 5. The summed E-state index contributed by atoms with van der Waals surface area (Å²) in [6.45, 7) is 0. The molecule has 1 aromatic heterocycles. The highest BCUT2D eigenvalue weighted by molar-refractivity contribution is 14.1. The SMILES string of the molecule is CN(c1ccc(C2=NN(C(=O)c3ccc(I)cc3)C(c3ccco3)C2)cc1)S(=O)[O-]. The van der Waals surface area contributed by atoms with E-state index in [9.17, 15) is 13.6 Å². The summed E-state index contributed by atoms with van der Waals surface area (Å²) in [5.74, 6) is 0.451. The van der Waals surface area contributed by atoms with Crippen molar-refractivity contribution in [2.24, 2.45) is 5.10 Å². The second kappa shape index (κ2) is 8.70. The van der Waals surface area contributed by atoms with E-state index in [1.807, 2.05) is 18.2 Å². The molecule has 1 amide bonds. The summed E-state index contributed by atoms with van der Waals surface area (Å²) in [7, 11) is 1.47. The third-order valence-electron chi connectivity index (χ3n) is 4.87. The molecule has 7 nitrogen and oxygen atoms in total. The van der Waals surface area contributed by atoms with Crippen molar-refractivity contribution in [2.45, 2.75) is 12.5 Å². The normalized spacial score (nSPS) is 17.0. The number of carbonyl (C=O) groups is 1. The van der Waals surface area contributed by atoms with Crippen molar-refractivity contribution in [3.8, 4) is 0 Å². The van der Waals surface area contributed by atoms with Crippen LogP contribution in [0.15, 0.2) is 76.4 Å². The summed E-state index contributed by atoms with van der Waals surface area (Å²) in [5.41, 5.74) is 2.64. The zero-order valence-corrected chi connectivity index (χ0v) is 18.9. The zero-order chi connectivity index (χ0) is 21.3. The fraction of sp³-hybridized carbons (Fsp3) is 0.143. The molecule has 0 aliphatic carbocycles. The van der Waals surface area contributed by atoms with Crippen molar-refractivity contribution in [3.05, 3.63) is 87.4 Å². The van der Waals surface area contributed by atoms with Gasteiger partial charge in [-0.25, -0.2) is 5.01 Å². The van der Waals surface area contributed by atoms with Crippen LogP contribution in [0, 0.1) is 3.57 Å². The smallest absolute Gasteiger partial charge is 0.274 e. The highest BCUT2D eigenvalue weighted by atomic mass is 127. The molecule has 1 aliphatic rings. The lowest BCUT2D eigenvalue weighted by molar-refractivity contribution is 0.0693. The van der Waals surface area contributed by atoms with Crippen LogP contribution >= 0.6 is 22.6 Å². The molecule has 0 spiro atoms. The number of carbonyl (C=O) groups excluding carboxylic acids is 1. The van der Waals surface area contributed by atoms with Crippen LogP contribution in [-0.4, -0.2) is 32.4 Å². The van der Waals surface area contributed by atoms with E-state index in [1.54, 1.807) is 48.7 Å². The topological polar surface area (TPSA) is 89.2 Å². The lowest BCUT2D eigenvalue weighted by Gasteiger charge is -2.21. The van der Waals surface area contributed by atoms with Crippen LogP contribution in [0.1, 0.15) is 34.1 Å². The first-order chi connectivity index (χ1) is 14.4. The third kappa shape index (κ3) is 4.18. The highest BCUT2D eigenvalue weighted by Gasteiger charge is 2.35. The van der Waals surface area contributed by atoms with Gasteiger partial charge in [-0.15, -0.1) is 0 Å². The molecule has 30 heavy (non-hydrogen) atoms. The molecular weight excluding hydrogens is 517 g/mol. The van der Waals surface area contributed by atoms with Gasteiger partial charge >= 0.3 is 0 Å². The van der Waals surface area contributed by atoms with E-state index in [0.29, 0.717) is 23.4 Å². The Morgan fingerprint density at radius 1 is 1.20 bits per heavy atom. The Kier molecular flexibility index (Phi) is 6.02. The van der Waals surface area contributed by atoms with Gasteiger partial charge in [0.2, 0.25) is 0 Å². The third-order valence-corrected chi connectivity index (χ3v) is 6.25. The van der Waals surface area contributed by atoms with Gasteiger partial charge in [-0.3, -0.25) is 9.00 Å². The second-order valence-electron chi connectivity index (χ2n) is 6.70. The molecule has 0 fully saturated rings. The lowest BCUT2D eigenvalue weighted by atomic mass is 10.0. The molecular formula is C21H17IN3O4S-. The van der Waals surface area contributed by atoms with Gasteiger partial charge in [-0.2, -0.15) is 5.10 Å². The van der Waals surface area contributed by atoms with Gasteiger partial charge in [0.15, 0.2) is 0 Å². The molecule has 0 N–H and O–H groups in total. The van der Waals surface area contributed by atoms with E-state index in [2.05, 4.69) is 27.7 Å². The summed E-state index contributed by atoms with van der Waals surface area (Å²) in [6, 6.07) is 17.6. The highest BCUT2D eigenvalue weighted by Crippen LogP contribution is 2.34. The Morgan fingerprint density at radius 3 is 2.50 bits per heavy atom. The van der Waals surface area contributed by atoms with Gasteiger partial charge in [-0.05, 0) is 76.7 Å². The maximum absolute atomic E-state index is 13.2. The van der Waals surface area contributed by atoms with E-state index >= 15 is 0 Å². The van der Waals surface area contributed by atoms with Crippen LogP contribution in [0.3, 0.4) is 0 Å². The predicted octanol–water partition coefficient (Wildman–Crippen LogP) is 4.11. The van der Waals surface area contributed by atoms with E-state index in [-0.39, 0.29) is 11.9 Å². The van der Waals surface area contributed by atoms with Crippen LogP contribution in [0.25, 0.3) is 0 Å². The van der Waals surface area contributed by atoms with Crippen molar-refractivity contribution in [3.63, 3.8) is 0 Å². The first-order valence-corrected chi connectivity index (χ1v) is 11.2. The number of hydrazone groups is 1. The van der Waals surface area contributed by atoms with Gasteiger partial charge in [-0.1, -0.05) is 12.1 Å². The molecule has 2 aromatic carbocycles. The fourth-order valence-electron chi connectivity index (χ4n) is 3.25. The molecule has 0 bridgehead atoms. The summed E-state index contributed by atoms with van der Waals surface area (Å²) in [5, 5.41) is 6.07. The Morgan fingerprint density at radius 2 is 1.90 bits per heavy atom. The minimum atomic E-state index is -2.34. The second-order valence-corrected chi connectivity index (χ2v) is 8.93. The molecule has 154 valence electrons. The molecule has 9 heteroatoms. The van der Waals surface area contributed by atoms with Crippen molar-refractivity contribution in [1.82, 2.24) is 5.01 Å². The predicted molar refractivity (Wildman–Crippen MR) is 122 cm³/mol. The van der Waals surface area contributed by atoms with E-state index in [0.717, 1.165) is 19.2 Å². The monoisotopic (exact) mass is 534 g/mol. The standard InChI is InChI=1S/C21H18IN3O4S/c1-24(30(27)28)17-10-6-14(7-11-17)18-13-19(20-3-2-12-29-20)25(23-18)21(26)15-4-8-16(22)9-5-15/h2-12,19H,13H2,1H3,(H,27,28)/p-1. The quantitative estimate of drug-likeness (QED) is 0.364. The lowest BCUT2D eigenvalue weighted by Crippen LogP contribution is -2.26. The number of anilines is 1. The maximum Gasteiger partial charge on any atom is 0.274 e. The Balaban J connectivity index is 1.65. The van der Waals surface area contributed by atoms with Gasteiger partial charge in [0.05, 0.1) is 12.0 Å². The number of furan rings is 1. The summed E-state index contributed by atoms with van der Waals surface area (Å²) < 4.78 is 30.0. The molecule has 1 aliphatic heterocycles. The molecule has 0 radical (unpaired) electrons. The maximum atomic E-state index is 13.2. The Bertz CT molecular complexity index is 1100. The number of halogens is 1. The summed E-state index contributed by atoms with van der Waals surface area (Å²) >= 11 is -0.150. The van der Waals surface area contributed by atoms with Crippen molar-refractivity contribution < 1.29 is 18.0 Å². The average Bonchev–Trinajstić information content (AvgIpc) is 3.43. The fourth-order valence-corrected chi connectivity index (χ4v) is 3.90. The number of hydrogen-bond donors (Lipinski definition) is 0. The number of benzene rings is 2. The van der Waals surface area contributed by atoms with Crippen molar-refractivity contribution in [1.29, 1.82) is 0 Å².